The topological polar surface area (TPSA) is 42.0 Å². The number of hydrogen-bond acceptors (Lipinski definition) is 5. The number of carbonyl (C=O) groups excluding carboxylic acids is 1. The molecule has 3 aromatic rings. The van der Waals surface area contributed by atoms with E-state index in [1.807, 2.05) is 67.7 Å². The Morgan fingerprint density at radius 2 is 1.50 bits per heavy atom. The molecule has 30 heavy (non-hydrogen) atoms. The maximum absolute atomic E-state index is 12.8. The Balaban J connectivity index is 1.73. The molecule has 0 saturated carbocycles. The van der Waals surface area contributed by atoms with Crippen LogP contribution >= 0.6 is 0 Å². The minimum atomic E-state index is -0.996. The van der Waals surface area contributed by atoms with Gasteiger partial charge in [0.2, 0.25) is 0 Å². The highest BCUT2D eigenvalue weighted by Crippen LogP contribution is 2.56. The van der Waals surface area contributed by atoms with Crippen LogP contribution in [-0.2, 0) is 10.3 Å². The zero-order valence-corrected chi connectivity index (χ0v) is 17.4. The molecule has 1 spiro atoms. The van der Waals surface area contributed by atoms with Crippen molar-refractivity contribution < 1.29 is 14.3 Å². The lowest BCUT2D eigenvalue weighted by Crippen LogP contribution is -2.39. The van der Waals surface area contributed by atoms with Crippen LogP contribution in [0.1, 0.15) is 40.9 Å². The number of para-hydroxylation sites is 1. The lowest BCUT2D eigenvalue weighted by atomic mass is 9.77. The summed E-state index contributed by atoms with van der Waals surface area (Å²) in [5.74, 6) is 1.10. The Morgan fingerprint density at radius 3 is 2.27 bits per heavy atom. The highest BCUT2D eigenvalue weighted by molar-refractivity contribution is 5.97. The lowest BCUT2D eigenvalue weighted by Gasteiger charge is -2.38. The fourth-order valence-corrected chi connectivity index (χ4v) is 4.63. The van der Waals surface area contributed by atoms with Gasteiger partial charge in [-0.25, -0.2) is 9.80 Å². The molecule has 0 fully saturated rings. The van der Waals surface area contributed by atoms with Crippen LogP contribution in [-0.4, -0.2) is 31.1 Å². The molecule has 152 valence electrons. The van der Waals surface area contributed by atoms with Gasteiger partial charge < -0.3 is 14.5 Å². The molecular formula is C25H24N2O3. The van der Waals surface area contributed by atoms with Gasteiger partial charge in [-0.2, -0.15) is 0 Å². The number of hydrazine groups is 1. The number of fused-ring (bicyclic) bond motifs is 6. The molecule has 5 rings (SSSR count). The summed E-state index contributed by atoms with van der Waals surface area (Å²) >= 11 is 0. The standard InChI is InChI=1S/C25H24N2O3/c1-4-27(5-2)26(3)17-14-15-21-23(16-17)29-22-13-9-8-12-20(22)25(21)19-11-7-6-10-18(19)24(28)30-25/h6-16H,4-5H2,1-3H3. The third kappa shape index (κ3) is 2.48. The molecule has 2 heterocycles. The van der Waals surface area contributed by atoms with Crippen LogP contribution < -0.4 is 9.75 Å². The molecule has 0 radical (unpaired) electrons. The fourth-order valence-electron chi connectivity index (χ4n) is 4.63. The third-order valence-electron chi connectivity index (χ3n) is 6.13. The number of ether oxygens (including phenoxy) is 2. The molecule has 3 aromatic carbocycles. The minimum absolute atomic E-state index is 0.308. The van der Waals surface area contributed by atoms with Gasteiger partial charge in [0, 0.05) is 42.9 Å². The normalized spacial score (nSPS) is 18.5. The number of anilines is 1. The van der Waals surface area contributed by atoms with Gasteiger partial charge >= 0.3 is 5.97 Å². The number of carbonyl (C=O) groups is 1. The predicted molar refractivity (Wildman–Crippen MR) is 116 cm³/mol. The first-order chi connectivity index (χ1) is 14.6. The van der Waals surface area contributed by atoms with Crippen LogP contribution in [0.15, 0.2) is 66.7 Å². The zero-order chi connectivity index (χ0) is 20.9. The monoisotopic (exact) mass is 400 g/mol. The minimum Gasteiger partial charge on any atom is -0.456 e. The summed E-state index contributed by atoms with van der Waals surface area (Å²) in [6.45, 7) is 6.08. The van der Waals surface area contributed by atoms with Crippen LogP contribution in [0.25, 0.3) is 0 Å². The summed E-state index contributed by atoms with van der Waals surface area (Å²) in [5.41, 5.74) is 3.17. The van der Waals surface area contributed by atoms with E-state index in [1.54, 1.807) is 0 Å². The summed E-state index contributed by atoms with van der Waals surface area (Å²) in [6.07, 6.45) is 0. The van der Waals surface area contributed by atoms with Crippen LogP contribution in [0, 0.1) is 0 Å². The van der Waals surface area contributed by atoms with Crippen LogP contribution in [0.3, 0.4) is 0 Å². The molecule has 0 N–H and O–H groups in total. The fraction of sp³-hybridized carbons (Fsp3) is 0.240. The molecule has 5 nitrogen and oxygen atoms in total. The highest BCUT2D eigenvalue weighted by Gasteiger charge is 2.53. The molecule has 2 aliphatic rings. The molecule has 0 bridgehead atoms. The van der Waals surface area contributed by atoms with Gasteiger partial charge in [0.25, 0.3) is 0 Å². The smallest absolute Gasteiger partial charge is 0.340 e. The Bertz CT molecular complexity index is 1140. The summed E-state index contributed by atoms with van der Waals surface area (Å²) < 4.78 is 12.5. The third-order valence-corrected chi connectivity index (χ3v) is 6.13. The van der Waals surface area contributed by atoms with E-state index in [1.165, 1.54) is 0 Å². The van der Waals surface area contributed by atoms with E-state index in [2.05, 4.69) is 29.9 Å². The quantitative estimate of drug-likeness (QED) is 0.458. The Kier molecular flexibility index (Phi) is 4.29. The summed E-state index contributed by atoms with van der Waals surface area (Å²) in [4.78, 5) is 12.8. The molecule has 0 saturated heterocycles. The van der Waals surface area contributed by atoms with Crippen molar-refractivity contribution in [2.75, 3.05) is 25.1 Å². The largest absolute Gasteiger partial charge is 0.456 e. The Hall–Kier alpha value is -3.31. The second-order valence-electron chi connectivity index (χ2n) is 7.56. The average molecular weight is 400 g/mol. The zero-order valence-electron chi connectivity index (χ0n) is 17.4. The Labute approximate surface area is 176 Å². The summed E-state index contributed by atoms with van der Waals surface area (Å²) in [6, 6.07) is 21.5. The summed E-state index contributed by atoms with van der Waals surface area (Å²) in [7, 11) is 2.05. The molecule has 2 aliphatic heterocycles. The first kappa shape index (κ1) is 18.7. The van der Waals surface area contributed by atoms with E-state index < -0.39 is 5.60 Å². The van der Waals surface area contributed by atoms with Gasteiger partial charge in [-0.1, -0.05) is 50.2 Å². The van der Waals surface area contributed by atoms with E-state index in [-0.39, 0.29) is 5.97 Å². The van der Waals surface area contributed by atoms with Crippen LogP contribution in [0.4, 0.5) is 5.69 Å². The maximum atomic E-state index is 12.8. The maximum Gasteiger partial charge on any atom is 0.340 e. The van der Waals surface area contributed by atoms with Crippen LogP contribution in [0.2, 0.25) is 0 Å². The number of hydrogen-bond donors (Lipinski definition) is 0. The molecule has 0 amide bonds. The van der Waals surface area contributed by atoms with E-state index in [0.29, 0.717) is 17.1 Å². The molecule has 0 aliphatic carbocycles. The number of benzene rings is 3. The van der Waals surface area contributed by atoms with Crippen molar-refractivity contribution in [3.05, 3.63) is 89.0 Å². The number of rotatable bonds is 4. The van der Waals surface area contributed by atoms with Crippen LogP contribution in [0.5, 0.6) is 11.5 Å². The summed E-state index contributed by atoms with van der Waals surface area (Å²) in [5, 5.41) is 4.37. The lowest BCUT2D eigenvalue weighted by molar-refractivity contribution is 0.0224. The van der Waals surface area contributed by atoms with Gasteiger partial charge in [-0.15, -0.1) is 0 Å². The van der Waals surface area contributed by atoms with Crippen molar-refractivity contribution in [3.8, 4) is 11.5 Å². The molecule has 1 unspecified atom stereocenters. The van der Waals surface area contributed by atoms with Gasteiger partial charge in [0.15, 0.2) is 5.60 Å². The first-order valence-corrected chi connectivity index (χ1v) is 10.3. The second kappa shape index (κ2) is 6.89. The predicted octanol–water partition coefficient (Wildman–Crippen LogP) is 4.95. The average Bonchev–Trinajstić information content (AvgIpc) is 3.08. The molecule has 1 atom stereocenters. The van der Waals surface area contributed by atoms with Crippen molar-refractivity contribution in [2.45, 2.75) is 19.4 Å². The van der Waals surface area contributed by atoms with Crippen molar-refractivity contribution in [2.24, 2.45) is 0 Å². The van der Waals surface area contributed by atoms with Crippen molar-refractivity contribution in [3.63, 3.8) is 0 Å². The van der Waals surface area contributed by atoms with Gasteiger partial charge in [-0.05, 0) is 24.3 Å². The number of esters is 1. The second-order valence-corrected chi connectivity index (χ2v) is 7.56. The van der Waals surface area contributed by atoms with Crippen molar-refractivity contribution in [1.29, 1.82) is 0 Å². The van der Waals surface area contributed by atoms with E-state index in [4.69, 9.17) is 9.47 Å². The Morgan fingerprint density at radius 1 is 0.833 bits per heavy atom. The molecule has 5 heteroatoms. The van der Waals surface area contributed by atoms with E-state index in [0.717, 1.165) is 35.5 Å². The SMILES string of the molecule is CCN(CC)N(C)c1ccc2c(c1)Oc1ccccc1C21OC(=O)c2ccccc21. The van der Waals surface area contributed by atoms with Crippen molar-refractivity contribution in [1.82, 2.24) is 5.01 Å². The van der Waals surface area contributed by atoms with E-state index in [9.17, 15) is 4.79 Å². The number of nitrogens with zero attached hydrogens (tertiary/aromatic N) is 2. The van der Waals surface area contributed by atoms with E-state index >= 15 is 0 Å². The molecular weight excluding hydrogens is 376 g/mol. The highest BCUT2D eigenvalue weighted by atomic mass is 16.6. The van der Waals surface area contributed by atoms with Gasteiger partial charge in [0.1, 0.15) is 11.5 Å². The molecule has 0 aromatic heterocycles. The van der Waals surface area contributed by atoms with Crippen molar-refractivity contribution >= 4 is 11.7 Å². The van der Waals surface area contributed by atoms with Gasteiger partial charge in [0.05, 0.1) is 11.3 Å². The first-order valence-electron chi connectivity index (χ1n) is 10.3. The van der Waals surface area contributed by atoms with Gasteiger partial charge in [-0.3, -0.25) is 0 Å².